The molecule has 0 bridgehead atoms. The minimum Gasteiger partial charge on any atom is -0.378 e. The molecule has 1 aliphatic heterocycles. The summed E-state index contributed by atoms with van der Waals surface area (Å²) in [6.45, 7) is 11.1. The van der Waals surface area contributed by atoms with Crippen LogP contribution in [0.25, 0.3) is 0 Å². The van der Waals surface area contributed by atoms with Crippen molar-refractivity contribution in [2.24, 2.45) is 0 Å². The van der Waals surface area contributed by atoms with Crippen molar-refractivity contribution in [2.75, 3.05) is 31.6 Å². The maximum absolute atomic E-state index is 12.5. The van der Waals surface area contributed by atoms with Crippen LogP contribution in [0.3, 0.4) is 0 Å². The van der Waals surface area contributed by atoms with E-state index in [1.165, 1.54) is 11.1 Å². The lowest BCUT2D eigenvalue weighted by Crippen LogP contribution is -2.41. The topological polar surface area (TPSA) is 67.4 Å². The van der Waals surface area contributed by atoms with Crippen molar-refractivity contribution < 1.29 is 9.53 Å². The molecule has 6 nitrogen and oxygen atoms in total. The molecule has 1 aliphatic rings. The van der Waals surface area contributed by atoms with Gasteiger partial charge in [0.15, 0.2) is 0 Å². The third-order valence-electron chi connectivity index (χ3n) is 4.80. The van der Waals surface area contributed by atoms with Gasteiger partial charge in [0, 0.05) is 18.8 Å². The van der Waals surface area contributed by atoms with E-state index in [1.54, 1.807) is 17.3 Å². The van der Waals surface area contributed by atoms with Gasteiger partial charge in [-0.3, -0.25) is 4.79 Å². The first kappa shape index (κ1) is 19.3. The van der Waals surface area contributed by atoms with Gasteiger partial charge in [-0.05, 0) is 23.0 Å². The number of para-hydroxylation sites is 1. The normalized spacial score (nSPS) is 14.7. The van der Waals surface area contributed by atoms with Gasteiger partial charge in [0.2, 0.25) is 0 Å². The van der Waals surface area contributed by atoms with Crippen LogP contribution in [0.15, 0.2) is 30.6 Å². The van der Waals surface area contributed by atoms with Gasteiger partial charge >= 0.3 is 0 Å². The Morgan fingerprint density at radius 1 is 1.04 bits per heavy atom. The van der Waals surface area contributed by atoms with Gasteiger partial charge in [0.1, 0.15) is 11.5 Å². The fourth-order valence-electron chi connectivity index (χ4n) is 3.25. The molecular weight excluding hydrogens is 340 g/mol. The van der Waals surface area contributed by atoms with E-state index in [2.05, 4.69) is 61.2 Å². The lowest BCUT2D eigenvalue weighted by molar-refractivity contribution is 0.0298. The second-order valence-electron chi connectivity index (χ2n) is 7.44. The third-order valence-corrected chi connectivity index (χ3v) is 4.80. The molecule has 1 aromatic carbocycles. The summed E-state index contributed by atoms with van der Waals surface area (Å²) in [7, 11) is 0. The molecule has 1 N–H and O–H groups in total. The first-order valence-electron chi connectivity index (χ1n) is 9.56. The first-order valence-corrected chi connectivity index (χ1v) is 9.56. The summed E-state index contributed by atoms with van der Waals surface area (Å²) in [6.07, 6.45) is 3.18. The monoisotopic (exact) mass is 368 g/mol. The van der Waals surface area contributed by atoms with E-state index >= 15 is 0 Å². The minimum absolute atomic E-state index is 0.0946. The second kappa shape index (κ2) is 8.48. The number of morpholine rings is 1. The highest BCUT2D eigenvalue weighted by atomic mass is 16.5. The van der Waals surface area contributed by atoms with Gasteiger partial charge in [-0.2, -0.15) is 0 Å². The highest BCUT2D eigenvalue weighted by Crippen LogP contribution is 2.33. The standard InChI is InChI=1S/C21H28N4O2/c1-14(2)16-6-5-7-17(15(3)4)20(16)24-19-13-22-18(12-23-19)21(26)25-8-10-27-11-9-25/h5-7,12-15H,8-11H2,1-4H3,(H,23,24). The SMILES string of the molecule is CC(C)c1cccc(C(C)C)c1Nc1cnc(C(=O)N2CCOCC2)cn1. The van der Waals surface area contributed by atoms with Gasteiger partial charge in [-0.25, -0.2) is 9.97 Å². The molecule has 0 spiro atoms. The summed E-state index contributed by atoms with van der Waals surface area (Å²) >= 11 is 0. The van der Waals surface area contributed by atoms with Crippen molar-refractivity contribution in [3.63, 3.8) is 0 Å². The number of aromatic nitrogens is 2. The molecule has 1 fully saturated rings. The largest absolute Gasteiger partial charge is 0.378 e. The molecule has 0 aliphatic carbocycles. The molecule has 0 radical (unpaired) electrons. The Labute approximate surface area is 161 Å². The Hall–Kier alpha value is -2.47. The van der Waals surface area contributed by atoms with E-state index in [-0.39, 0.29) is 5.91 Å². The third kappa shape index (κ3) is 4.45. The lowest BCUT2D eigenvalue weighted by atomic mass is 9.92. The number of anilines is 2. The molecule has 0 saturated carbocycles. The summed E-state index contributed by atoms with van der Waals surface area (Å²) in [5, 5.41) is 3.43. The second-order valence-corrected chi connectivity index (χ2v) is 7.44. The Morgan fingerprint density at radius 2 is 1.67 bits per heavy atom. The molecule has 1 aromatic heterocycles. The van der Waals surface area contributed by atoms with Crippen molar-refractivity contribution in [3.05, 3.63) is 47.4 Å². The van der Waals surface area contributed by atoms with Crippen LogP contribution in [-0.2, 0) is 4.74 Å². The Kier molecular flexibility index (Phi) is 6.06. The summed E-state index contributed by atoms with van der Waals surface area (Å²) in [5.74, 6) is 1.33. The maximum atomic E-state index is 12.5. The zero-order valence-corrected chi connectivity index (χ0v) is 16.5. The fourth-order valence-corrected chi connectivity index (χ4v) is 3.25. The number of hydrogen-bond acceptors (Lipinski definition) is 5. The van der Waals surface area contributed by atoms with E-state index in [1.807, 2.05) is 0 Å². The zero-order valence-electron chi connectivity index (χ0n) is 16.5. The minimum atomic E-state index is -0.0946. The molecular formula is C21H28N4O2. The molecule has 2 heterocycles. The van der Waals surface area contributed by atoms with E-state index in [0.29, 0.717) is 49.7 Å². The highest BCUT2D eigenvalue weighted by Gasteiger charge is 2.20. The number of ether oxygens (including phenoxy) is 1. The number of carbonyl (C=O) groups excluding carboxylic acids is 1. The molecule has 1 saturated heterocycles. The number of amides is 1. The fraction of sp³-hybridized carbons (Fsp3) is 0.476. The lowest BCUT2D eigenvalue weighted by Gasteiger charge is -2.26. The van der Waals surface area contributed by atoms with Gasteiger partial charge in [-0.15, -0.1) is 0 Å². The number of rotatable bonds is 5. The summed E-state index contributed by atoms with van der Waals surface area (Å²) in [5.41, 5.74) is 3.95. The summed E-state index contributed by atoms with van der Waals surface area (Å²) < 4.78 is 5.29. The number of hydrogen-bond donors (Lipinski definition) is 1. The summed E-state index contributed by atoms with van der Waals surface area (Å²) in [6, 6.07) is 6.39. The molecule has 0 atom stereocenters. The van der Waals surface area contributed by atoms with E-state index in [9.17, 15) is 4.79 Å². The Bertz CT molecular complexity index is 755. The van der Waals surface area contributed by atoms with Crippen molar-refractivity contribution in [1.29, 1.82) is 0 Å². The van der Waals surface area contributed by atoms with Gasteiger partial charge in [-0.1, -0.05) is 45.9 Å². The summed E-state index contributed by atoms with van der Waals surface area (Å²) in [4.78, 5) is 23.0. The first-order chi connectivity index (χ1) is 13.0. The van der Waals surface area contributed by atoms with E-state index in [0.717, 1.165) is 5.69 Å². The van der Waals surface area contributed by atoms with Crippen LogP contribution in [0.5, 0.6) is 0 Å². The number of nitrogens with one attached hydrogen (secondary N) is 1. The van der Waals surface area contributed by atoms with Crippen molar-refractivity contribution in [1.82, 2.24) is 14.9 Å². The number of nitrogens with zero attached hydrogens (tertiary/aromatic N) is 3. The average Bonchev–Trinajstić information content (AvgIpc) is 2.68. The number of carbonyl (C=O) groups is 1. The molecule has 1 amide bonds. The van der Waals surface area contributed by atoms with Crippen molar-refractivity contribution in [3.8, 4) is 0 Å². The Balaban J connectivity index is 1.82. The average molecular weight is 368 g/mol. The maximum Gasteiger partial charge on any atom is 0.274 e. The smallest absolute Gasteiger partial charge is 0.274 e. The van der Waals surface area contributed by atoms with Crippen LogP contribution in [-0.4, -0.2) is 47.1 Å². The predicted molar refractivity (Wildman–Crippen MR) is 107 cm³/mol. The quantitative estimate of drug-likeness (QED) is 0.866. The molecule has 2 aromatic rings. The zero-order chi connectivity index (χ0) is 19.4. The van der Waals surface area contributed by atoms with Crippen LogP contribution in [0.1, 0.15) is 61.1 Å². The van der Waals surface area contributed by atoms with Crippen molar-refractivity contribution in [2.45, 2.75) is 39.5 Å². The molecule has 27 heavy (non-hydrogen) atoms. The van der Waals surface area contributed by atoms with Crippen LogP contribution < -0.4 is 5.32 Å². The van der Waals surface area contributed by atoms with Crippen LogP contribution in [0, 0.1) is 0 Å². The van der Waals surface area contributed by atoms with Gasteiger partial charge < -0.3 is 15.0 Å². The van der Waals surface area contributed by atoms with Crippen molar-refractivity contribution >= 4 is 17.4 Å². The van der Waals surface area contributed by atoms with E-state index < -0.39 is 0 Å². The van der Waals surface area contributed by atoms with E-state index in [4.69, 9.17) is 4.74 Å². The van der Waals surface area contributed by atoms with Gasteiger partial charge in [0.05, 0.1) is 25.6 Å². The predicted octanol–water partition coefficient (Wildman–Crippen LogP) is 3.94. The molecule has 144 valence electrons. The molecule has 3 rings (SSSR count). The molecule has 0 unspecified atom stereocenters. The number of benzene rings is 1. The highest BCUT2D eigenvalue weighted by molar-refractivity contribution is 5.92. The molecule has 6 heteroatoms. The van der Waals surface area contributed by atoms with Crippen LogP contribution in [0.2, 0.25) is 0 Å². The Morgan fingerprint density at radius 3 is 2.19 bits per heavy atom. The van der Waals surface area contributed by atoms with Crippen LogP contribution >= 0.6 is 0 Å². The van der Waals surface area contributed by atoms with Gasteiger partial charge in [0.25, 0.3) is 5.91 Å². The van der Waals surface area contributed by atoms with Crippen LogP contribution in [0.4, 0.5) is 11.5 Å².